The Morgan fingerprint density at radius 3 is 2.52 bits per heavy atom. The van der Waals surface area contributed by atoms with Crippen molar-refractivity contribution < 1.29 is 9.53 Å². The molecule has 0 saturated carbocycles. The fraction of sp³-hybridized carbons (Fsp3) is 0.409. The molecule has 5 nitrogen and oxygen atoms in total. The Morgan fingerprint density at radius 2 is 1.86 bits per heavy atom. The van der Waals surface area contributed by atoms with Gasteiger partial charge in [-0.3, -0.25) is 4.79 Å². The van der Waals surface area contributed by atoms with Gasteiger partial charge in [-0.2, -0.15) is 0 Å². The molecule has 1 aromatic carbocycles. The summed E-state index contributed by atoms with van der Waals surface area (Å²) in [5.74, 6) is 0.0870. The summed E-state index contributed by atoms with van der Waals surface area (Å²) in [4.78, 5) is 18.2. The van der Waals surface area contributed by atoms with Gasteiger partial charge in [-0.15, -0.1) is 0 Å². The molecule has 1 aromatic heterocycles. The molecule has 1 unspecified atom stereocenters. The van der Waals surface area contributed by atoms with Gasteiger partial charge in [0.2, 0.25) is 0 Å². The molecule has 1 aliphatic rings. The molecule has 2 heterocycles. The minimum atomic E-state index is -0.193. The van der Waals surface area contributed by atoms with Crippen molar-refractivity contribution >= 4 is 46.1 Å². The van der Waals surface area contributed by atoms with E-state index in [2.05, 4.69) is 36.1 Å². The van der Waals surface area contributed by atoms with E-state index in [9.17, 15) is 4.79 Å². The molecule has 0 spiro atoms. The maximum Gasteiger partial charge on any atom is 0.286 e. The van der Waals surface area contributed by atoms with Crippen molar-refractivity contribution in [1.82, 2.24) is 15.2 Å². The largest absolute Gasteiger partial charge is 0.491 e. The predicted molar refractivity (Wildman–Crippen MR) is 120 cm³/mol. The Balaban J connectivity index is 1.67. The van der Waals surface area contributed by atoms with Crippen LogP contribution in [0.25, 0.3) is 17.0 Å². The minimum Gasteiger partial charge on any atom is -0.491 e. The van der Waals surface area contributed by atoms with E-state index in [0.29, 0.717) is 22.1 Å². The second-order valence-corrected chi connectivity index (χ2v) is 8.49. The molecule has 2 aromatic rings. The van der Waals surface area contributed by atoms with E-state index in [-0.39, 0.29) is 17.7 Å². The van der Waals surface area contributed by atoms with Crippen molar-refractivity contribution in [3.05, 3.63) is 51.8 Å². The molecular weight excluding hydrogens is 409 g/mol. The number of ether oxygens (including phenoxy) is 1. The SMILES string of the molecule is CO/C(=C\C=C\c1cc2cc(Cl)c(Cl)cc2[nH]1)C(=O)NC1C[C@@H](C)N(C)[C@@H](C)C1. The Bertz CT molecular complexity index is 900. The second-order valence-electron chi connectivity index (χ2n) is 7.68. The topological polar surface area (TPSA) is 57.4 Å². The summed E-state index contributed by atoms with van der Waals surface area (Å²) in [5.41, 5.74) is 1.78. The fourth-order valence-electron chi connectivity index (χ4n) is 3.78. The number of carbonyl (C=O) groups excluding carboxylic acids is 1. The Hall–Kier alpha value is -1.95. The van der Waals surface area contributed by atoms with E-state index in [0.717, 1.165) is 29.4 Å². The molecule has 1 fully saturated rings. The molecule has 1 saturated heterocycles. The third-order valence-corrected chi connectivity index (χ3v) is 6.35. The van der Waals surface area contributed by atoms with Crippen LogP contribution in [0.5, 0.6) is 0 Å². The lowest BCUT2D eigenvalue weighted by Crippen LogP contribution is -2.51. The number of rotatable bonds is 5. The maximum atomic E-state index is 12.6. The van der Waals surface area contributed by atoms with Gasteiger partial charge < -0.3 is 19.9 Å². The zero-order chi connectivity index (χ0) is 21.1. The number of amides is 1. The number of nitrogens with one attached hydrogen (secondary N) is 2. The van der Waals surface area contributed by atoms with Crippen LogP contribution in [0.15, 0.2) is 36.1 Å². The number of fused-ring (bicyclic) bond motifs is 1. The second kappa shape index (κ2) is 9.24. The molecule has 0 aliphatic carbocycles. The third-order valence-electron chi connectivity index (χ3n) is 5.63. The van der Waals surface area contributed by atoms with Gasteiger partial charge in [-0.05, 0) is 64.1 Å². The number of hydrogen-bond donors (Lipinski definition) is 2. The number of allylic oxidation sites excluding steroid dienone is 2. The summed E-state index contributed by atoms with van der Waals surface area (Å²) >= 11 is 12.1. The average molecular weight is 436 g/mol. The number of halogens is 2. The van der Waals surface area contributed by atoms with Gasteiger partial charge in [0.15, 0.2) is 5.76 Å². The predicted octanol–water partition coefficient (Wildman–Crippen LogP) is 5.01. The van der Waals surface area contributed by atoms with Gasteiger partial charge in [0, 0.05) is 34.7 Å². The summed E-state index contributed by atoms with van der Waals surface area (Å²) in [6.45, 7) is 4.37. The van der Waals surface area contributed by atoms with Gasteiger partial charge in [-0.1, -0.05) is 29.3 Å². The first-order valence-corrected chi connectivity index (χ1v) is 10.5. The van der Waals surface area contributed by atoms with Gasteiger partial charge in [0.25, 0.3) is 5.91 Å². The van der Waals surface area contributed by atoms with Crippen molar-refractivity contribution in [2.24, 2.45) is 0 Å². The molecule has 29 heavy (non-hydrogen) atoms. The number of benzene rings is 1. The van der Waals surface area contributed by atoms with Crippen LogP contribution in [0, 0.1) is 0 Å². The molecule has 3 rings (SSSR count). The van der Waals surface area contributed by atoms with Crippen LogP contribution in [-0.2, 0) is 9.53 Å². The normalized spacial score (nSPS) is 23.7. The Morgan fingerprint density at radius 1 is 1.21 bits per heavy atom. The summed E-state index contributed by atoms with van der Waals surface area (Å²) < 4.78 is 5.30. The zero-order valence-electron chi connectivity index (χ0n) is 17.1. The lowest BCUT2D eigenvalue weighted by atomic mass is 9.93. The summed E-state index contributed by atoms with van der Waals surface area (Å²) in [6.07, 6.45) is 7.18. The fourth-order valence-corrected chi connectivity index (χ4v) is 4.11. The van der Waals surface area contributed by atoms with Gasteiger partial charge >= 0.3 is 0 Å². The maximum absolute atomic E-state index is 12.6. The van der Waals surface area contributed by atoms with Crippen LogP contribution >= 0.6 is 23.2 Å². The molecule has 1 aliphatic heterocycles. The number of methoxy groups -OCH3 is 1. The molecular formula is C22H27Cl2N3O2. The number of piperidine rings is 1. The van der Waals surface area contributed by atoms with Crippen molar-refractivity contribution in [2.75, 3.05) is 14.2 Å². The molecule has 0 radical (unpaired) electrons. The Kier molecular flexibility index (Phi) is 6.93. The van der Waals surface area contributed by atoms with Crippen molar-refractivity contribution in [2.45, 2.75) is 44.8 Å². The van der Waals surface area contributed by atoms with Crippen molar-refractivity contribution in [3.8, 4) is 0 Å². The number of carbonyl (C=O) groups is 1. The van der Waals surface area contributed by atoms with Crippen LogP contribution in [0.3, 0.4) is 0 Å². The first-order valence-electron chi connectivity index (χ1n) is 9.71. The highest BCUT2D eigenvalue weighted by atomic mass is 35.5. The molecule has 3 atom stereocenters. The monoisotopic (exact) mass is 435 g/mol. The lowest BCUT2D eigenvalue weighted by Gasteiger charge is -2.40. The van der Waals surface area contributed by atoms with E-state index in [1.165, 1.54) is 7.11 Å². The van der Waals surface area contributed by atoms with Crippen LogP contribution in [-0.4, -0.2) is 48.1 Å². The zero-order valence-corrected chi connectivity index (χ0v) is 18.6. The Labute approximate surface area is 181 Å². The quantitative estimate of drug-likeness (QED) is 0.394. The standard InChI is InChI=1S/C22H27Cl2N3O2/c1-13-8-17(9-14(2)27(13)3)26-22(28)21(29-4)7-5-6-16-10-15-11-18(23)19(24)12-20(15)25-16/h5-7,10-14,17,25H,8-9H2,1-4H3,(H,26,28)/b6-5+,21-7-/t13-,14+,17?. The molecule has 0 bridgehead atoms. The van der Waals surface area contributed by atoms with Crippen molar-refractivity contribution in [3.63, 3.8) is 0 Å². The van der Waals surface area contributed by atoms with E-state index >= 15 is 0 Å². The molecule has 156 valence electrons. The van der Waals surface area contributed by atoms with E-state index in [4.69, 9.17) is 27.9 Å². The number of aromatic nitrogens is 1. The highest BCUT2D eigenvalue weighted by molar-refractivity contribution is 6.42. The molecule has 7 heteroatoms. The van der Waals surface area contributed by atoms with Gasteiger partial charge in [0.05, 0.1) is 17.2 Å². The van der Waals surface area contributed by atoms with Gasteiger partial charge in [0.1, 0.15) is 0 Å². The third kappa shape index (κ3) is 5.16. The summed E-state index contributed by atoms with van der Waals surface area (Å²) in [6, 6.07) is 6.60. The molecule has 2 N–H and O–H groups in total. The van der Waals surface area contributed by atoms with Crippen LogP contribution in [0.1, 0.15) is 32.4 Å². The van der Waals surface area contributed by atoms with Crippen LogP contribution < -0.4 is 5.32 Å². The van der Waals surface area contributed by atoms with Crippen LogP contribution in [0.2, 0.25) is 10.0 Å². The van der Waals surface area contributed by atoms with E-state index in [1.54, 1.807) is 18.2 Å². The number of hydrogen-bond acceptors (Lipinski definition) is 3. The smallest absolute Gasteiger partial charge is 0.286 e. The molecule has 1 amide bonds. The first kappa shape index (κ1) is 21.8. The highest BCUT2D eigenvalue weighted by Gasteiger charge is 2.29. The van der Waals surface area contributed by atoms with E-state index < -0.39 is 0 Å². The highest BCUT2D eigenvalue weighted by Crippen LogP contribution is 2.28. The summed E-state index contributed by atoms with van der Waals surface area (Å²) in [5, 5.41) is 5.10. The lowest BCUT2D eigenvalue weighted by molar-refractivity contribution is -0.121. The van der Waals surface area contributed by atoms with Gasteiger partial charge in [-0.25, -0.2) is 0 Å². The van der Waals surface area contributed by atoms with Crippen molar-refractivity contribution in [1.29, 1.82) is 0 Å². The number of nitrogens with zero attached hydrogens (tertiary/aromatic N) is 1. The minimum absolute atomic E-state index is 0.148. The van der Waals surface area contributed by atoms with Crippen LogP contribution in [0.4, 0.5) is 0 Å². The first-order chi connectivity index (χ1) is 13.8. The van der Waals surface area contributed by atoms with E-state index in [1.807, 2.05) is 18.2 Å². The number of aromatic amines is 1. The average Bonchev–Trinajstić information content (AvgIpc) is 3.04. The number of likely N-dealkylation sites (tertiary alicyclic amines) is 1. The summed E-state index contributed by atoms with van der Waals surface area (Å²) in [7, 11) is 3.64. The number of H-pyrrole nitrogens is 1.